The third kappa shape index (κ3) is 4.25. The first-order valence-electron chi connectivity index (χ1n) is 10.3. The van der Waals surface area contributed by atoms with Gasteiger partial charge in [0.1, 0.15) is 11.8 Å². The zero-order chi connectivity index (χ0) is 22.0. The molecule has 0 unspecified atom stereocenters. The monoisotopic (exact) mass is 422 g/mol. The summed E-state index contributed by atoms with van der Waals surface area (Å²) in [6.07, 6.45) is 1.00. The molecule has 4 rings (SSSR count). The molecule has 2 heterocycles. The molecule has 0 bridgehead atoms. The molecule has 8 heteroatoms. The number of hydrogen-bond acceptors (Lipinski definition) is 5. The molecule has 2 aromatic carbocycles. The summed E-state index contributed by atoms with van der Waals surface area (Å²) in [6.45, 7) is 0.628. The Kier molecular flexibility index (Phi) is 5.90. The highest BCUT2D eigenvalue weighted by Gasteiger charge is 2.40. The van der Waals surface area contributed by atoms with E-state index < -0.39 is 6.04 Å². The second kappa shape index (κ2) is 8.77. The van der Waals surface area contributed by atoms with Crippen molar-refractivity contribution in [1.82, 2.24) is 15.5 Å². The Balaban J connectivity index is 1.58. The fourth-order valence-electron chi connectivity index (χ4n) is 4.19. The molecule has 162 valence electrons. The van der Waals surface area contributed by atoms with Crippen LogP contribution in [0.5, 0.6) is 5.75 Å². The maximum absolute atomic E-state index is 13.3. The lowest BCUT2D eigenvalue weighted by Gasteiger charge is -2.37. The molecule has 2 aliphatic rings. The lowest BCUT2D eigenvalue weighted by molar-refractivity contribution is -0.124. The third-order valence-electron chi connectivity index (χ3n) is 5.80. The minimum Gasteiger partial charge on any atom is -0.497 e. The number of nitrogens with zero attached hydrogens (tertiary/aromatic N) is 1. The highest BCUT2D eigenvalue weighted by Crippen LogP contribution is 2.32. The summed E-state index contributed by atoms with van der Waals surface area (Å²) in [6, 6.07) is 12.3. The SMILES string of the molecule is CNCC(=O)N[C@H]1CCN2C(=O)c3cc(-c4ccc(OC)cc4)ccc3NC(=O)[C@@H]2C1. The van der Waals surface area contributed by atoms with Crippen LogP contribution >= 0.6 is 0 Å². The second-order valence-electron chi connectivity index (χ2n) is 7.81. The zero-order valence-electron chi connectivity index (χ0n) is 17.6. The average Bonchev–Trinajstić information content (AvgIpc) is 2.88. The number of amides is 3. The summed E-state index contributed by atoms with van der Waals surface area (Å²) in [7, 11) is 3.32. The Labute approximate surface area is 180 Å². The number of ether oxygens (including phenoxy) is 1. The highest BCUT2D eigenvalue weighted by atomic mass is 16.5. The van der Waals surface area contributed by atoms with Gasteiger partial charge in [0.25, 0.3) is 5.91 Å². The van der Waals surface area contributed by atoms with E-state index in [4.69, 9.17) is 4.74 Å². The summed E-state index contributed by atoms with van der Waals surface area (Å²) in [4.78, 5) is 39.8. The molecule has 0 saturated carbocycles. The standard InChI is InChI=1S/C23H26N4O4/c1-24-13-21(28)25-16-9-10-27-20(12-16)22(29)26-19-8-5-15(11-18(19)23(27)30)14-3-6-17(31-2)7-4-14/h3-8,11,16,20,24H,9-10,12-13H2,1-2H3,(H,25,28)(H,26,29)/t16-,20-/m0/s1. The van der Waals surface area contributed by atoms with Crippen molar-refractivity contribution in [2.45, 2.75) is 24.9 Å². The van der Waals surface area contributed by atoms with Crippen molar-refractivity contribution < 1.29 is 19.1 Å². The normalized spacial score (nSPS) is 20.3. The molecule has 0 aliphatic carbocycles. The summed E-state index contributed by atoms with van der Waals surface area (Å²) in [5.74, 6) is 0.244. The predicted molar refractivity (Wildman–Crippen MR) is 117 cm³/mol. The van der Waals surface area contributed by atoms with Crippen molar-refractivity contribution in [1.29, 1.82) is 0 Å². The molecule has 3 amide bonds. The molecular weight excluding hydrogens is 396 g/mol. The van der Waals surface area contributed by atoms with Gasteiger partial charge < -0.3 is 25.6 Å². The van der Waals surface area contributed by atoms with Crippen molar-refractivity contribution in [3.8, 4) is 16.9 Å². The van der Waals surface area contributed by atoms with Gasteiger partial charge in [-0.15, -0.1) is 0 Å². The van der Waals surface area contributed by atoms with E-state index in [1.807, 2.05) is 36.4 Å². The van der Waals surface area contributed by atoms with Gasteiger partial charge in [0, 0.05) is 12.6 Å². The van der Waals surface area contributed by atoms with E-state index in [2.05, 4.69) is 16.0 Å². The topological polar surface area (TPSA) is 99.8 Å². The van der Waals surface area contributed by atoms with Crippen LogP contribution in [-0.2, 0) is 9.59 Å². The van der Waals surface area contributed by atoms with E-state index in [-0.39, 0.29) is 30.3 Å². The van der Waals surface area contributed by atoms with Gasteiger partial charge in [-0.3, -0.25) is 14.4 Å². The van der Waals surface area contributed by atoms with E-state index in [1.165, 1.54) is 0 Å². The molecular formula is C23H26N4O4. The van der Waals surface area contributed by atoms with Crippen LogP contribution in [0.15, 0.2) is 42.5 Å². The predicted octanol–water partition coefficient (Wildman–Crippen LogP) is 1.62. The van der Waals surface area contributed by atoms with Crippen LogP contribution in [-0.4, -0.2) is 62.0 Å². The van der Waals surface area contributed by atoms with E-state index in [0.29, 0.717) is 30.6 Å². The van der Waals surface area contributed by atoms with Crippen molar-refractivity contribution in [2.75, 3.05) is 32.6 Å². The number of fused-ring (bicyclic) bond motifs is 2. The Bertz CT molecular complexity index is 1010. The van der Waals surface area contributed by atoms with Gasteiger partial charge in [-0.25, -0.2) is 0 Å². The summed E-state index contributed by atoms with van der Waals surface area (Å²) >= 11 is 0. The molecule has 0 radical (unpaired) electrons. The molecule has 2 atom stereocenters. The van der Waals surface area contributed by atoms with Crippen molar-refractivity contribution >= 4 is 23.4 Å². The second-order valence-corrected chi connectivity index (χ2v) is 7.81. The number of likely N-dealkylation sites (N-methyl/N-ethyl adjacent to an activating group) is 1. The molecule has 8 nitrogen and oxygen atoms in total. The maximum atomic E-state index is 13.3. The summed E-state index contributed by atoms with van der Waals surface area (Å²) in [5.41, 5.74) is 2.82. The molecule has 2 aliphatic heterocycles. The molecule has 31 heavy (non-hydrogen) atoms. The minimum atomic E-state index is -0.613. The fraction of sp³-hybridized carbons (Fsp3) is 0.348. The molecule has 1 fully saturated rings. The van der Waals surface area contributed by atoms with Crippen molar-refractivity contribution in [3.63, 3.8) is 0 Å². The van der Waals surface area contributed by atoms with E-state index in [9.17, 15) is 14.4 Å². The van der Waals surface area contributed by atoms with Gasteiger partial charge in [0.05, 0.1) is 24.9 Å². The van der Waals surface area contributed by atoms with Gasteiger partial charge in [0.15, 0.2) is 0 Å². The Hall–Kier alpha value is -3.39. The number of carbonyl (C=O) groups excluding carboxylic acids is 3. The number of rotatable bonds is 5. The first-order chi connectivity index (χ1) is 15.0. The fourth-order valence-corrected chi connectivity index (χ4v) is 4.19. The van der Waals surface area contributed by atoms with Crippen LogP contribution in [0.25, 0.3) is 11.1 Å². The van der Waals surface area contributed by atoms with E-state index in [1.54, 1.807) is 25.1 Å². The number of anilines is 1. The molecule has 0 spiro atoms. The number of carbonyl (C=O) groups is 3. The first-order valence-corrected chi connectivity index (χ1v) is 10.3. The Morgan fingerprint density at radius 2 is 1.90 bits per heavy atom. The van der Waals surface area contributed by atoms with Crippen LogP contribution in [0.2, 0.25) is 0 Å². The third-order valence-corrected chi connectivity index (χ3v) is 5.80. The lowest BCUT2D eigenvalue weighted by Crippen LogP contribution is -2.55. The van der Waals surface area contributed by atoms with Crippen molar-refractivity contribution in [2.24, 2.45) is 0 Å². The largest absolute Gasteiger partial charge is 0.497 e. The number of hydrogen-bond donors (Lipinski definition) is 3. The minimum absolute atomic E-state index is 0.117. The van der Waals surface area contributed by atoms with Gasteiger partial charge in [-0.2, -0.15) is 0 Å². The number of nitrogens with one attached hydrogen (secondary N) is 3. The van der Waals surface area contributed by atoms with Crippen LogP contribution in [0.1, 0.15) is 23.2 Å². The average molecular weight is 422 g/mol. The van der Waals surface area contributed by atoms with Crippen LogP contribution in [0.4, 0.5) is 5.69 Å². The van der Waals surface area contributed by atoms with E-state index in [0.717, 1.165) is 16.9 Å². The lowest BCUT2D eigenvalue weighted by atomic mass is 9.95. The number of piperidine rings is 1. The number of benzene rings is 2. The summed E-state index contributed by atoms with van der Waals surface area (Å²) in [5, 5.41) is 8.65. The Morgan fingerprint density at radius 3 is 2.61 bits per heavy atom. The summed E-state index contributed by atoms with van der Waals surface area (Å²) < 4.78 is 5.21. The van der Waals surface area contributed by atoms with Gasteiger partial charge in [-0.1, -0.05) is 18.2 Å². The van der Waals surface area contributed by atoms with Crippen LogP contribution in [0.3, 0.4) is 0 Å². The molecule has 0 aromatic heterocycles. The van der Waals surface area contributed by atoms with Crippen LogP contribution in [0, 0.1) is 0 Å². The molecule has 2 aromatic rings. The first kappa shape index (κ1) is 20.9. The molecule has 1 saturated heterocycles. The van der Waals surface area contributed by atoms with Gasteiger partial charge in [0.2, 0.25) is 11.8 Å². The smallest absolute Gasteiger partial charge is 0.256 e. The molecule has 3 N–H and O–H groups in total. The highest BCUT2D eigenvalue weighted by molar-refractivity contribution is 6.10. The van der Waals surface area contributed by atoms with Gasteiger partial charge in [-0.05, 0) is 55.3 Å². The zero-order valence-corrected chi connectivity index (χ0v) is 17.6. The van der Waals surface area contributed by atoms with Gasteiger partial charge >= 0.3 is 0 Å². The van der Waals surface area contributed by atoms with Crippen molar-refractivity contribution in [3.05, 3.63) is 48.0 Å². The Morgan fingerprint density at radius 1 is 1.16 bits per heavy atom. The van der Waals surface area contributed by atoms with Crippen LogP contribution < -0.4 is 20.7 Å². The number of methoxy groups -OCH3 is 1. The quantitative estimate of drug-likeness (QED) is 0.680. The van der Waals surface area contributed by atoms with E-state index >= 15 is 0 Å². The maximum Gasteiger partial charge on any atom is 0.256 e.